The van der Waals surface area contributed by atoms with Crippen LogP contribution in [0.25, 0.3) is 0 Å². The van der Waals surface area contributed by atoms with Gasteiger partial charge < -0.3 is 4.74 Å². The Bertz CT molecular complexity index is 524. The zero-order valence-corrected chi connectivity index (χ0v) is 11.1. The number of halogens is 2. The van der Waals surface area contributed by atoms with Crippen molar-refractivity contribution in [2.24, 2.45) is 0 Å². The third kappa shape index (κ3) is 4.39. The van der Waals surface area contributed by atoms with Crippen LogP contribution in [-0.2, 0) is 9.05 Å². The molecule has 1 aromatic carbocycles. The van der Waals surface area contributed by atoms with Gasteiger partial charge in [-0.2, -0.15) is 5.26 Å². The largest absolute Gasteiger partial charge is 0.491 e. The van der Waals surface area contributed by atoms with E-state index < -0.39 is 9.05 Å². The summed E-state index contributed by atoms with van der Waals surface area (Å²) in [5.41, 5.74) is 0.335. The highest BCUT2D eigenvalue weighted by Crippen LogP contribution is 2.22. The van der Waals surface area contributed by atoms with Crippen molar-refractivity contribution in [3.8, 4) is 11.8 Å². The van der Waals surface area contributed by atoms with Crippen LogP contribution in [0.3, 0.4) is 0 Å². The molecular weight excluding hydrogens is 318 g/mol. The van der Waals surface area contributed by atoms with Crippen LogP contribution in [-0.4, -0.2) is 20.8 Å². The van der Waals surface area contributed by atoms with Crippen molar-refractivity contribution in [3.63, 3.8) is 0 Å². The first-order valence-electron chi connectivity index (χ1n) is 4.17. The lowest BCUT2D eigenvalue weighted by Gasteiger charge is -2.06. The third-order valence-corrected chi connectivity index (χ3v) is 3.26. The molecule has 16 heavy (non-hydrogen) atoms. The van der Waals surface area contributed by atoms with Gasteiger partial charge in [-0.05, 0) is 18.2 Å². The van der Waals surface area contributed by atoms with E-state index in [1.807, 2.05) is 6.07 Å². The van der Waals surface area contributed by atoms with Crippen LogP contribution in [0.5, 0.6) is 5.75 Å². The lowest BCUT2D eigenvalue weighted by Crippen LogP contribution is -2.09. The molecule has 0 atom stereocenters. The first-order valence-corrected chi connectivity index (χ1v) is 7.44. The van der Waals surface area contributed by atoms with Gasteiger partial charge in [0, 0.05) is 15.2 Å². The summed E-state index contributed by atoms with van der Waals surface area (Å²) in [4.78, 5) is 0. The molecule has 0 amide bonds. The number of hydrogen-bond acceptors (Lipinski definition) is 4. The molecule has 1 aromatic rings. The lowest BCUT2D eigenvalue weighted by atomic mass is 10.2. The lowest BCUT2D eigenvalue weighted by molar-refractivity contribution is 0.340. The van der Waals surface area contributed by atoms with Crippen LogP contribution in [0, 0.1) is 11.3 Å². The summed E-state index contributed by atoms with van der Waals surface area (Å²) in [6.45, 7) is -0.0812. The summed E-state index contributed by atoms with van der Waals surface area (Å²) in [6.07, 6.45) is 0. The summed E-state index contributed by atoms with van der Waals surface area (Å²) in [7, 11) is 1.45. The fourth-order valence-electron chi connectivity index (χ4n) is 0.967. The normalized spacial score (nSPS) is 10.8. The number of ether oxygens (including phenoxy) is 1. The van der Waals surface area contributed by atoms with Crippen molar-refractivity contribution in [1.29, 1.82) is 5.26 Å². The van der Waals surface area contributed by atoms with Crippen LogP contribution in [0.4, 0.5) is 0 Å². The average molecular weight is 325 g/mol. The molecule has 0 saturated carbocycles. The summed E-state index contributed by atoms with van der Waals surface area (Å²) in [6, 6.07) is 6.82. The Labute approximate surface area is 106 Å². The molecule has 86 valence electrons. The van der Waals surface area contributed by atoms with Crippen molar-refractivity contribution in [2.45, 2.75) is 0 Å². The van der Waals surface area contributed by atoms with Crippen LogP contribution < -0.4 is 4.74 Å². The van der Waals surface area contributed by atoms with Gasteiger partial charge in [0.05, 0.1) is 11.3 Å². The molecule has 0 N–H and O–H groups in total. The Morgan fingerprint density at radius 2 is 2.19 bits per heavy atom. The van der Waals surface area contributed by atoms with Crippen molar-refractivity contribution in [2.75, 3.05) is 12.4 Å². The predicted octanol–water partition coefficient (Wildman–Crippen LogP) is 2.27. The standard InChI is InChI=1S/C9H7BrClNO3S/c10-8-1-2-9(7(5-8)6-12)15-3-4-16(11,13)14/h1-2,5H,3-4H2. The SMILES string of the molecule is N#Cc1cc(Br)ccc1OCCS(=O)(=O)Cl. The highest BCUT2D eigenvalue weighted by molar-refractivity contribution is 9.10. The molecule has 0 unspecified atom stereocenters. The highest BCUT2D eigenvalue weighted by Gasteiger charge is 2.08. The Morgan fingerprint density at radius 3 is 2.75 bits per heavy atom. The van der Waals surface area contributed by atoms with Crippen LogP contribution in [0.15, 0.2) is 22.7 Å². The molecule has 0 fully saturated rings. The second-order valence-electron chi connectivity index (χ2n) is 2.84. The van der Waals surface area contributed by atoms with E-state index in [0.717, 1.165) is 4.47 Å². The van der Waals surface area contributed by atoms with Crippen molar-refractivity contribution >= 4 is 35.7 Å². The quantitative estimate of drug-likeness (QED) is 0.797. The third-order valence-electron chi connectivity index (χ3n) is 1.65. The van der Waals surface area contributed by atoms with Gasteiger partial charge in [0.2, 0.25) is 9.05 Å². The van der Waals surface area contributed by atoms with Gasteiger partial charge in [0.15, 0.2) is 0 Å². The number of nitriles is 1. The molecule has 7 heteroatoms. The van der Waals surface area contributed by atoms with E-state index in [4.69, 9.17) is 20.7 Å². The van der Waals surface area contributed by atoms with Crippen molar-refractivity contribution in [1.82, 2.24) is 0 Å². The summed E-state index contributed by atoms with van der Waals surface area (Å²) < 4.78 is 27.2. The van der Waals surface area contributed by atoms with Gasteiger partial charge in [0.1, 0.15) is 18.4 Å². The molecule has 0 radical (unpaired) electrons. The van der Waals surface area contributed by atoms with Gasteiger partial charge in [-0.1, -0.05) is 15.9 Å². The molecule has 0 aliphatic carbocycles. The van der Waals surface area contributed by atoms with E-state index in [2.05, 4.69) is 15.9 Å². The van der Waals surface area contributed by atoms with Gasteiger partial charge in [-0.25, -0.2) is 8.42 Å². The molecular formula is C9H7BrClNO3S. The zero-order valence-electron chi connectivity index (χ0n) is 7.98. The molecule has 0 bridgehead atoms. The van der Waals surface area contributed by atoms with E-state index in [1.54, 1.807) is 18.2 Å². The van der Waals surface area contributed by atoms with E-state index >= 15 is 0 Å². The number of benzene rings is 1. The minimum Gasteiger partial charge on any atom is -0.491 e. The fourth-order valence-corrected chi connectivity index (χ4v) is 1.80. The second-order valence-corrected chi connectivity index (χ2v) is 6.66. The fraction of sp³-hybridized carbons (Fsp3) is 0.222. The smallest absolute Gasteiger partial charge is 0.235 e. The molecule has 0 heterocycles. The average Bonchev–Trinajstić information content (AvgIpc) is 2.18. The van der Waals surface area contributed by atoms with Crippen LogP contribution >= 0.6 is 26.6 Å². The van der Waals surface area contributed by atoms with Crippen molar-refractivity contribution in [3.05, 3.63) is 28.2 Å². The molecule has 0 spiro atoms. The predicted molar refractivity (Wildman–Crippen MR) is 64.0 cm³/mol. The molecule has 0 aromatic heterocycles. The second kappa shape index (κ2) is 5.53. The van der Waals surface area contributed by atoms with Gasteiger partial charge in [0.25, 0.3) is 0 Å². The maximum Gasteiger partial charge on any atom is 0.235 e. The van der Waals surface area contributed by atoms with Crippen LogP contribution in [0.2, 0.25) is 0 Å². The molecule has 0 aliphatic heterocycles. The van der Waals surface area contributed by atoms with E-state index in [0.29, 0.717) is 11.3 Å². The van der Waals surface area contributed by atoms with E-state index in [-0.39, 0.29) is 12.4 Å². The minimum atomic E-state index is -3.57. The Hall–Kier alpha value is -0.770. The molecule has 0 aliphatic rings. The molecule has 1 rings (SSSR count). The maximum atomic E-state index is 10.6. The first-order chi connectivity index (χ1) is 7.42. The Morgan fingerprint density at radius 1 is 1.50 bits per heavy atom. The maximum absolute atomic E-state index is 10.6. The first kappa shape index (κ1) is 13.3. The van der Waals surface area contributed by atoms with Gasteiger partial charge in [-0.3, -0.25) is 0 Å². The number of rotatable bonds is 4. The Balaban J connectivity index is 2.72. The van der Waals surface area contributed by atoms with Crippen molar-refractivity contribution < 1.29 is 13.2 Å². The van der Waals surface area contributed by atoms with Gasteiger partial charge in [-0.15, -0.1) is 0 Å². The number of hydrogen-bond donors (Lipinski definition) is 0. The summed E-state index contributed by atoms with van der Waals surface area (Å²) >= 11 is 3.21. The van der Waals surface area contributed by atoms with Crippen LogP contribution in [0.1, 0.15) is 5.56 Å². The summed E-state index contributed by atoms with van der Waals surface area (Å²) in [5.74, 6) is 0.0428. The topological polar surface area (TPSA) is 67.2 Å². The Kier molecular flexibility index (Phi) is 4.59. The summed E-state index contributed by atoms with van der Waals surface area (Å²) in [5, 5.41) is 8.81. The van der Waals surface area contributed by atoms with E-state index in [1.165, 1.54) is 0 Å². The highest BCUT2D eigenvalue weighted by atomic mass is 79.9. The van der Waals surface area contributed by atoms with Gasteiger partial charge >= 0.3 is 0 Å². The zero-order chi connectivity index (χ0) is 12.2. The molecule has 4 nitrogen and oxygen atoms in total. The monoisotopic (exact) mass is 323 g/mol. The number of nitrogens with zero attached hydrogens (tertiary/aromatic N) is 1. The molecule has 0 saturated heterocycles. The van der Waals surface area contributed by atoms with E-state index in [9.17, 15) is 8.42 Å². The minimum absolute atomic E-state index is 0.0812.